The first-order chi connectivity index (χ1) is 3.31. The zero-order valence-electron chi connectivity index (χ0n) is 5.07. The number of nitrogens with one attached hydrogen (secondary N) is 1. The van der Waals surface area contributed by atoms with Crippen LogP contribution < -0.4 is 11.1 Å². The minimum absolute atomic E-state index is 0.583. The van der Waals surface area contributed by atoms with Crippen molar-refractivity contribution in [1.29, 1.82) is 0 Å². The molecule has 2 heteroatoms. The van der Waals surface area contributed by atoms with E-state index in [1.54, 1.807) is 0 Å². The molecule has 0 saturated heterocycles. The van der Waals surface area contributed by atoms with E-state index < -0.39 is 0 Å². The Balaban J connectivity index is 0.000000110. The maximum Gasteiger partial charge on any atom is 0.00399 e. The van der Waals surface area contributed by atoms with Crippen molar-refractivity contribution in [1.82, 2.24) is 5.32 Å². The highest BCUT2D eigenvalue weighted by Gasteiger charge is 2.13. The molecule has 7 heavy (non-hydrogen) atoms. The number of hydrogen-bond acceptors (Lipinski definition) is 2. The van der Waals surface area contributed by atoms with Gasteiger partial charge in [-0.05, 0) is 26.9 Å². The van der Waals surface area contributed by atoms with Gasteiger partial charge in [0.1, 0.15) is 0 Å². The average molecular weight is 102 g/mol. The van der Waals surface area contributed by atoms with E-state index in [4.69, 9.17) is 5.73 Å². The summed E-state index contributed by atoms with van der Waals surface area (Å²) in [6.45, 7) is 0. The van der Waals surface area contributed by atoms with Crippen molar-refractivity contribution < 1.29 is 0 Å². The Morgan fingerprint density at radius 3 is 1.57 bits per heavy atom. The van der Waals surface area contributed by atoms with Crippen LogP contribution in [0.3, 0.4) is 0 Å². The minimum atomic E-state index is 0.583. The van der Waals surface area contributed by atoms with Crippen LogP contribution >= 0.6 is 0 Å². The zero-order valence-corrected chi connectivity index (χ0v) is 5.07. The summed E-state index contributed by atoms with van der Waals surface area (Å²) in [6, 6.07) is 0.583. The first-order valence-corrected chi connectivity index (χ1v) is 2.65. The van der Waals surface area contributed by atoms with Gasteiger partial charge < -0.3 is 11.1 Å². The quantitative estimate of drug-likeness (QED) is 0.450. The molecule has 2 nitrogen and oxygen atoms in total. The van der Waals surface area contributed by atoms with Gasteiger partial charge in [0.25, 0.3) is 0 Å². The Bertz CT molecular complexity index is 33.1. The van der Waals surface area contributed by atoms with E-state index in [-0.39, 0.29) is 0 Å². The molecule has 3 N–H and O–H groups in total. The summed E-state index contributed by atoms with van der Waals surface area (Å²) >= 11 is 0. The third kappa shape index (κ3) is 10.7. The summed E-state index contributed by atoms with van der Waals surface area (Å²) < 4.78 is 0. The van der Waals surface area contributed by atoms with Crippen molar-refractivity contribution in [2.75, 3.05) is 14.1 Å². The van der Waals surface area contributed by atoms with E-state index in [1.807, 2.05) is 14.1 Å². The summed E-state index contributed by atoms with van der Waals surface area (Å²) in [4.78, 5) is 0. The van der Waals surface area contributed by atoms with Crippen LogP contribution in [0, 0.1) is 0 Å². The van der Waals surface area contributed by atoms with Crippen LogP contribution in [0.25, 0.3) is 0 Å². The molecule has 0 aliphatic heterocycles. The fourth-order valence-corrected chi connectivity index (χ4v) is 0.0962. The number of hydrogen-bond donors (Lipinski definition) is 2. The molecule has 0 spiro atoms. The van der Waals surface area contributed by atoms with Crippen LogP contribution in [0.15, 0.2) is 0 Å². The first kappa shape index (κ1) is 6.92. The van der Waals surface area contributed by atoms with Crippen LogP contribution in [0.5, 0.6) is 0 Å². The molecule has 1 fully saturated rings. The standard InChI is InChI=1S/C3H7N.C2H7N/c4-3-1-2-3;1-3-2/h3H,1-2,4H2;3H,1-2H3. The average Bonchev–Trinajstić information content (AvgIpc) is 2.25. The SMILES string of the molecule is CNC.NC1CC1. The van der Waals surface area contributed by atoms with Crippen molar-refractivity contribution in [2.45, 2.75) is 18.9 Å². The Hall–Kier alpha value is -0.0800. The smallest absolute Gasteiger partial charge is 0.00399 e. The molecule has 1 saturated carbocycles. The molecule has 0 atom stereocenters. The highest BCUT2D eigenvalue weighted by Crippen LogP contribution is 2.13. The highest BCUT2D eigenvalue weighted by atomic mass is 14.7. The molecule has 1 rings (SSSR count). The lowest BCUT2D eigenvalue weighted by Gasteiger charge is -1.59. The summed E-state index contributed by atoms with van der Waals surface area (Å²) in [6.07, 6.45) is 2.53. The van der Waals surface area contributed by atoms with Crippen LogP contribution in [0.1, 0.15) is 12.8 Å². The van der Waals surface area contributed by atoms with Crippen molar-refractivity contribution in [2.24, 2.45) is 5.73 Å². The van der Waals surface area contributed by atoms with Crippen LogP contribution in [-0.4, -0.2) is 20.1 Å². The van der Waals surface area contributed by atoms with Gasteiger partial charge in [-0.2, -0.15) is 0 Å². The minimum Gasteiger partial charge on any atom is -0.328 e. The lowest BCUT2D eigenvalue weighted by atomic mass is 10.8. The lowest BCUT2D eigenvalue weighted by Crippen LogP contribution is -1.94. The van der Waals surface area contributed by atoms with Gasteiger partial charge in [0, 0.05) is 6.04 Å². The number of rotatable bonds is 0. The van der Waals surface area contributed by atoms with Crippen LogP contribution in [-0.2, 0) is 0 Å². The Morgan fingerprint density at radius 1 is 1.43 bits per heavy atom. The molecule has 0 unspecified atom stereocenters. The zero-order chi connectivity index (χ0) is 5.70. The van der Waals surface area contributed by atoms with Crippen LogP contribution in [0.4, 0.5) is 0 Å². The molecule has 44 valence electrons. The topological polar surface area (TPSA) is 38.0 Å². The Kier molecular flexibility index (Phi) is 4.04. The number of nitrogens with two attached hydrogens (primary N) is 1. The fourth-order valence-electron chi connectivity index (χ4n) is 0.0962. The normalized spacial score (nSPS) is 17.6. The van der Waals surface area contributed by atoms with Crippen molar-refractivity contribution in [3.8, 4) is 0 Å². The van der Waals surface area contributed by atoms with Gasteiger partial charge in [-0.25, -0.2) is 0 Å². The molecule has 1 aliphatic carbocycles. The van der Waals surface area contributed by atoms with Gasteiger partial charge in [-0.1, -0.05) is 0 Å². The molecule has 0 bridgehead atoms. The van der Waals surface area contributed by atoms with E-state index >= 15 is 0 Å². The third-order valence-electron chi connectivity index (χ3n) is 0.622. The van der Waals surface area contributed by atoms with Gasteiger partial charge in [0.2, 0.25) is 0 Å². The van der Waals surface area contributed by atoms with Gasteiger partial charge >= 0.3 is 0 Å². The molecule has 0 radical (unpaired) electrons. The van der Waals surface area contributed by atoms with E-state index in [2.05, 4.69) is 5.32 Å². The Labute approximate surface area is 45.1 Å². The highest BCUT2D eigenvalue weighted by molar-refractivity contribution is 4.75. The van der Waals surface area contributed by atoms with Gasteiger partial charge in [0.15, 0.2) is 0 Å². The van der Waals surface area contributed by atoms with E-state index in [9.17, 15) is 0 Å². The van der Waals surface area contributed by atoms with Crippen molar-refractivity contribution >= 4 is 0 Å². The summed E-state index contributed by atoms with van der Waals surface area (Å²) in [5.41, 5.74) is 5.22. The maximum atomic E-state index is 5.22. The molecule has 0 amide bonds. The second-order valence-electron chi connectivity index (χ2n) is 1.84. The van der Waals surface area contributed by atoms with E-state index in [1.165, 1.54) is 12.8 Å². The second kappa shape index (κ2) is 4.09. The molecule has 0 aromatic carbocycles. The van der Waals surface area contributed by atoms with Crippen molar-refractivity contribution in [3.63, 3.8) is 0 Å². The van der Waals surface area contributed by atoms with Crippen LogP contribution in [0.2, 0.25) is 0 Å². The predicted molar refractivity (Wildman–Crippen MR) is 32.2 cm³/mol. The summed E-state index contributed by atoms with van der Waals surface area (Å²) in [7, 11) is 3.75. The van der Waals surface area contributed by atoms with E-state index in [0.717, 1.165) is 0 Å². The fraction of sp³-hybridized carbons (Fsp3) is 1.00. The summed E-state index contributed by atoms with van der Waals surface area (Å²) in [5.74, 6) is 0. The largest absolute Gasteiger partial charge is 0.328 e. The van der Waals surface area contributed by atoms with E-state index in [0.29, 0.717) is 6.04 Å². The molecular formula is C5H14N2. The van der Waals surface area contributed by atoms with Crippen molar-refractivity contribution in [3.05, 3.63) is 0 Å². The molecule has 1 aliphatic rings. The predicted octanol–water partition coefficient (Wildman–Crippen LogP) is -0.0569. The lowest BCUT2D eigenvalue weighted by molar-refractivity contribution is 1.02. The monoisotopic (exact) mass is 102 g/mol. The molecule has 0 heterocycles. The molecule has 0 aromatic rings. The van der Waals surface area contributed by atoms with Gasteiger partial charge in [-0.3, -0.25) is 0 Å². The first-order valence-electron chi connectivity index (χ1n) is 2.65. The van der Waals surface area contributed by atoms with Gasteiger partial charge in [0.05, 0.1) is 0 Å². The third-order valence-corrected chi connectivity index (χ3v) is 0.622. The van der Waals surface area contributed by atoms with Gasteiger partial charge in [-0.15, -0.1) is 0 Å². The molecule has 0 aromatic heterocycles. The second-order valence-corrected chi connectivity index (χ2v) is 1.84. The summed E-state index contributed by atoms with van der Waals surface area (Å²) in [5, 5.41) is 2.75. The molecular weight excluding hydrogens is 88.1 g/mol. The Morgan fingerprint density at radius 2 is 1.57 bits per heavy atom. The maximum absolute atomic E-state index is 5.22.